The van der Waals surface area contributed by atoms with Gasteiger partial charge < -0.3 is 10.3 Å². The van der Waals surface area contributed by atoms with Crippen molar-refractivity contribution in [2.45, 2.75) is 0 Å². The number of nitrogens with zero attached hydrogens (tertiary/aromatic N) is 1. The summed E-state index contributed by atoms with van der Waals surface area (Å²) in [5, 5.41) is 17.3. The van der Waals surface area contributed by atoms with E-state index in [4.69, 9.17) is 10.3 Å². The van der Waals surface area contributed by atoms with Crippen LogP contribution in [-0.2, 0) is 0 Å². The predicted molar refractivity (Wildman–Crippen MR) is 48.9 cm³/mol. The van der Waals surface area contributed by atoms with Crippen LogP contribution in [0.1, 0.15) is 10.4 Å². The normalized spacial score (nSPS) is 8.92. The molecule has 0 atom stereocenters. The zero-order chi connectivity index (χ0) is 10.3. The Bertz CT molecular complexity index is 244. The molecule has 1 aromatic carbocycles. The van der Waals surface area contributed by atoms with E-state index in [0.717, 1.165) is 5.06 Å². The van der Waals surface area contributed by atoms with Crippen LogP contribution in [-0.4, -0.2) is 35.4 Å². The van der Waals surface area contributed by atoms with E-state index in [1.54, 1.807) is 44.4 Å². The Balaban J connectivity index is 0.000000310. The van der Waals surface area contributed by atoms with Crippen molar-refractivity contribution in [3.63, 3.8) is 0 Å². The van der Waals surface area contributed by atoms with Gasteiger partial charge in [0, 0.05) is 14.1 Å². The van der Waals surface area contributed by atoms with Crippen molar-refractivity contribution in [1.29, 1.82) is 0 Å². The molecule has 1 rings (SSSR count). The van der Waals surface area contributed by atoms with Gasteiger partial charge >= 0.3 is 5.97 Å². The lowest BCUT2D eigenvalue weighted by Gasteiger charge is -1.89. The summed E-state index contributed by atoms with van der Waals surface area (Å²) >= 11 is 0. The second-order valence-electron chi connectivity index (χ2n) is 2.52. The molecular weight excluding hydrogens is 170 g/mol. The predicted octanol–water partition coefficient (Wildman–Crippen LogP) is 1.32. The smallest absolute Gasteiger partial charge is 0.335 e. The van der Waals surface area contributed by atoms with Gasteiger partial charge in [-0.25, -0.2) is 4.79 Å². The molecule has 0 saturated heterocycles. The number of hydrogen-bond donors (Lipinski definition) is 2. The summed E-state index contributed by atoms with van der Waals surface area (Å²) in [4.78, 5) is 10.2. The second-order valence-corrected chi connectivity index (χ2v) is 2.52. The van der Waals surface area contributed by atoms with Crippen molar-refractivity contribution >= 4 is 5.97 Å². The summed E-state index contributed by atoms with van der Waals surface area (Å²) in [5.74, 6) is -0.879. The fraction of sp³-hybridized carbons (Fsp3) is 0.222. The Hall–Kier alpha value is -1.39. The van der Waals surface area contributed by atoms with E-state index in [1.807, 2.05) is 0 Å². The first kappa shape index (κ1) is 11.6. The highest BCUT2D eigenvalue weighted by molar-refractivity contribution is 5.87. The van der Waals surface area contributed by atoms with E-state index in [-0.39, 0.29) is 0 Å². The SMILES string of the molecule is CN(C)O.O=C(O)c1ccccc1. The van der Waals surface area contributed by atoms with Crippen LogP contribution in [0.4, 0.5) is 0 Å². The van der Waals surface area contributed by atoms with E-state index in [0.29, 0.717) is 5.56 Å². The lowest BCUT2D eigenvalue weighted by atomic mass is 10.2. The molecule has 0 aliphatic rings. The third-order valence-corrected chi connectivity index (χ3v) is 1.02. The van der Waals surface area contributed by atoms with Crippen molar-refractivity contribution in [1.82, 2.24) is 5.06 Å². The number of carbonyl (C=O) groups is 1. The Morgan fingerprint density at radius 1 is 1.23 bits per heavy atom. The number of aromatic carboxylic acids is 1. The third-order valence-electron chi connectivity index (χ3n) is 1.02. The van der Waals surface area contributed by atoms with Crippen molar-refractivity contribution < 1.29 is 15.1 Å². The van der Waals surface area contributed by atoms with E-state index in [1.165, 1.54) is 0 Å². The molecular formula is C9H13NO3. The first-order chi connectivity index (χ1) is 6.04. The molecule has 72 valence electrons. The average molecular weight is 183 g/mol. The van der Waals surface area contributed by atoms with Gasteiger partial charge in [0.05, 0.1) is 5.56 Å². The second kappa shape index (κ2) is 6.16. The fourth-order valence-corrected chi connectivity index (χ4v) is 0.581. The van der Waals surface area contributed by atoms with Crippen LogP contribution in [0, 0.1) is 0 Å². The van der Waals surface area contributed by atoms with E-state index in [2.05, 4.69) is 0 Å². The van der Waals surface area contributed by atoms with Crippen LogP contribution in [0.5, 0.6) is 0 Å². The minimum absolute atomic E-state index is 0.331. The molecule has 0 spiro atoms. The van der Waals surface area contributed by atoms with Crippen molar-refractivity contribution in [2.24, 2.45) is 0 Å². The standard InChI is InChI=1S/C7H6O2.C2H7NO/c8-7(9)6-4-2-1-3-5-6;1-3(2)4/h1-5H,(H,8,9);4H,1-2H3. The molecule has 0 bridgehead atoms. The van der Waals surface area contributed by atoms with Gasteiger partial charge in [0.25, 0.3) is 0 Å². The highest BCUT2D eigenvalue weighted by Gasteiger charge is 1.96. The maximum absolute atomic E-state index is 10.2. The number of hydroxylamine groups is 2. The Kier molecular flexibility index (Phi) is 5.50. The minimum Gasteiger partial charge on any atom is -0.478 e. The molecule has 4 heteroatoms. The summed E-state index contributed by atoms with van der Waals surface area (Å²) in [6, 6.07) is 8.30. The molecule has 0 aliphatic heterocycles. The third kappa shape index (κ3) is 6.99. The molecule has 4 nitrogen and oxygen atoms in total. The van der Waals surface area contributed by atoms with Gasteiger partial charge in [-0.3, -0.25) is 0 Å². The molecule has 0 saturated carbocycles. The first-order valence-electron chi connectivity index (χ1n) is 3.68. The molecule has 0 aromatic heterocycles. The average Bonchev–Trinajstić information content (AvgIpc) is 2.05. The molecule has 0 heterocycles. The highest BCUT2D eigenvalue weighted by atomic mass is 16.5. The van der Waals surface area contributed by atoms with Crippen molar-refractivity contribution in [2.75, 3.05) is 14.1 Å². The quantitative estimate of drug-likeness (QED) is 0.645. The molecule has 0 radical (unpaired) electrons. The molecule has 2 N–H and O–H groups in total. The number of carboxylic acid groups (broad SMARTS) is 1. The van der Waals surface area contributed by atoms with Gasteiger partial charge in [0.15, 0.2) is 0 Å². The fourth-order valence-electron chi connectivity index (χ4n) is 0.581. The molecule has 0 aliphatic carbocycles. The van der Waals surface area contributed by atoms with Crippen LogP contribution in [0.25, 0.3) is 0 Å². The lowest BCUT2D eigenvalue weighted by molar-refractivity contribution is -0.0372. The molecule has 0 unspecified atom stereocenters. The number of rotatable bonds is 1. The topological polar surface area (TPSA) is 60.8 Å². The maximum Gasteiger partial charge on any atom is 0.335 e. The molecule has 0 fully saturated rings. The van der Waals surface area contributed by atoms with Gasteiger partial charge in [0.2, 0.25) is 0 Å². The monoisotopic (exact) mass is 183 g/mol. The zero-order valence-electron chi connectivity index (χ0n) is 7.64. The number of hydrogen-bond acceptors (Lipinski definition) is 3. The van der Waals surface area contributed by atoms with Crippen LogP contribution in [0.2, 0.25) is 0 Å². The summed E-state index contributed by atoms with van der Waals surface area (Å²) in [6.07, 6.45) is 0. The van der Waals surface area contributed by atoms with Gasteiger partial charge in [-0.1, -0.05) is 18.2 Å². The number of carboxylic acids is 1. The Morgan fingerprint density at radius 3 is 1.85 bits per heavy atom. The van der Waals surface area contributed by atoms with Gasteiger partial charge in [-0.15, -0.1) is 0 Å². The van der Waals surface area contributed by atoms with Crippen LogP contribution >= 0.6 is 0 Å². The van der Waals surface area contributed by atoms with E-state index in [9.17, 15) is 4.79 Å². The van der Waals surface area contributed by atoms with Gasteiger partial charge in [-0.2, -0.15) is 5.06 Å². The first-order valence-corrected chi connectivity index (χ1v) is 3.68. The number of benzene rings is 1. The molecule has 1 aromatic rings. The van der Waals surface area contributed by atoms with Crippen molar-refractivity contribution in [3.8, 4) is 0 Å². The molecule has 0 amide bonds. The van der Waals surface area contributed by atoms with Crippen LogP contribution < -0.4 is 0 Å². The van der Waals surface area contributed by atoms with Crippen LogP contribution in [0.15, 0.2) is 30.3 Å². The highest BCUT2D eigenvalue weighted by Crippen LogP contribution is 1.96. The van der Waals surface area contributed by atoms with Crippen molar-refractivity contribution in [3.05, 3.63) is 35.9 Å². The van der Waals surface area contributed by atoms with E-state index < -0.39 is 5.97 Å². The summed E-state index contributed by atoms with van der Waals surface area (Å²) in [5.41, 5.74) is 0.331. The summed E-state index contributed by atoms with van der Waals surface area (Å²) in [7, 11) is 3.11. The zero-order valence-corrected chi connectivity index (χ0v) is 7.64. The summed E-state index contributed by atoms with van der Waals surface area (Å²) < 4.78 is 0. The Labute approximate surface area is 77.0 Å². The lowest BCUT2D eigenvalue weighted by Crippen LogP contribution is -2.01. The van der Waals surface area contributed by atoms with E-state index >= 15 is 0 Å². The van der Waals surface area contributed by atoms with Gasteiger partial charge in [0.1, 0.15) is 0 Å². The Morgan fingerprint density at radius 2 is 1.62 bits per heavy atom. The van der Waals surface area contributed by atoms with Gasteiger partial charge in [-0.05, 0) is 12.1 Å². The molecule has 13 heavy (non-hydrogen) atoms. The van der Waals surface area contributed by atoms with Crippen LogP contribution in [0.3, 0.4) is 0 Å². The maximum atomic E-state index is 10.2. The summed E-state index contributed by atoms with van der Waals surface area (Å²) in [6.45, 7) is 0. The largest absolute Gasteiger partial charge is 0.478 e. The minimum atomic E-state index is -0.879.